The van der Waals surface area contributed by atoms with Crippen LogP contribution in [0.4, 0.5) is 11.4 Å². The van der Waals surface area contributed by atoms with Gasteiger partial charge >= 0.3 is 5.97 Å². The molecular formula is C24H21ClN4O3. The van der Waals surface area contributed by atoms with Gasteiger partial charge in [-0.25, -0.2) is 14.7 Å². The Morgan fingerprint density at radius 2 is 1.69 bits per heavy atom. The van der Waals surface area contributed by atoms with Gasteiger partial charge in [-0.15, -0.1) is 0 Å². The minimum atomic E-state index is -0.457. The molecule has 0 saturated carbocycles. The quantitative estimate of drug-likeness (QED) is 0.324. The maximum absolute atomic E-state index is 13.7. The van der Waals surface area contributed by atoms with Crippen molar-refractivity contribution in [1.29, 1.82) is 0 Å². The highest BCUT2D eigenvalue weighted by atomic mass is 35.5. The fourth-order valence-corrected chi connectivity index (χ4v) is 3.45. The van der Waals surface area contributed by atoms with Crippen molar-refractivity contribution in [1.82, 2.24) is 9.66 Å². The number of aromatic nitrogens is 2. The first-order valence-electron chi connectivity index (χ1n) is 9.87. The Morgan fingerprint density at radius 3 is 2.38 bits per heavy atom. The van der Waals surface area contributed by atoms with Crippen molar-refractivity contribution in [3.63, 3.8) is 0 Å². The highest BCUT2D eigenvalue weighted by Gasteiger charge is 2.22. The molecule has 0 saturated heterocycles. The molecule has 1 aromatic heterocycles. The number of imidazole rings is 1. The van der Waals surface area contributed by atoms with E-state index in [0.29, 0.717) is 22.0 Å². The van der Waals surface area contributed by atoms with Crippen LogP contribution in [0.5, 0.6) is 5.75 Å². The Hall–Kier alpha value is -3.84. The van der Waals surface area contributed by atoms with Crippen LogP contribution >= 0.6 is 11.6 Å². The molecule has 0 bridgehead atoms. The lowest BCUT2D eigenvalue weighted by atomic mass is 10.2. The molecule has 162 valence electrons. The Morgan fingerprint density at radius 1 is 0.969 bits per heavy atom. The van der Waals surface area contributed by atoms with Crippen molar-refractivity contribution >= 4 is 45.9 Å². The van der Waals surface area contributed by atoms with Gasteiger partial charge in [-0.05, 0) is 60.7 Å². The standard InChI is InChI=1S/C24H21ClN4O3/c1-16(30)32-21-6-4-5-17(13-21)24(31)29(19-9-7-18(25)8-10-19)28-15-26-22-14-20(27(2)3)11-12-23(22)28/h4-15H,1-3H3. The molecule has 0 spiro atoms. The van der Waals surface area contributed by atoms with Crippen molar-refractivity contribution in [3.8, 4) is 5.75 Å². The van der Waals surface area contributed by atoms with E-state index in [2.05, 4.69) is 4.98 Å². The number of hydrogen-bond donors (Lipinski definition) is 0. The number of hydrogen-bond acceptors (Lipinski definition) is 5. The van der Waals surface area contributed by atoms with Crippen LogP contribution in [0.3, 0.4) is 0 Å². The fraction of sp³-hybridized carbons (Fsp3) is 0.125. The highest BCUT2D eigenvalue weighted by Crippen LogP contribution is 2.27. The number of carbonyl (C=O) groups excluding carboxylic acids is 2. The van der Waals surface area contributed by atoms with E-state index in [9.17, 15) is 9.59 Å². The monoisotopic (exact) mass is 448 g/mol. The van der Waals surface area contributed by atoms with Crippen molar-refractivity contribution in [3.05, 3.63) is 83.6 Å². The molecule has 0 fully saturated rings. The molecule has 0 N–H and O–H groups in total. The van der Waals surface area contributed by atoms with E-state index in [4.69, 9.17) is 16.3 Å². The summed E-state index contributed by atoms with van der Waals surface area (Å²) in [5.74, 6) is -0.482. The van der Waals surface area contributed by atoms with Gasteiger partial charge < -0.3 is 9.64 Å². The molecule has 32 heavy (non-hydrogen) atoms. The van der Waals surface area contributed by atoms with Gasteiger partial charge in [-0.1, -0.05) is 17.7 Å². The van der Waals surface area contributed by atoms with Crippen LogP contribution in [0.2, 0.25) is 5.02 Å². The number of halogens is 1. The van der Waals surface area contributed by atoms with Crippen molar-refractivity contribution in [2.24, 2.45) is 0 Å². The topological polar surface area (TPSA) is 67.7 Å². The van der Waals surface area contributed by atoms with E-state index in [1.807, 2.05) is 37.2 Å². The van der Waals surface area contributed by atoms with E-state index < -0.39 is 5.97 Å². The van der Waals surface area contributed by atoms with Crippen molar-refractivity contribution in [2.45, 2.75) is 6.92 Å². The summed E-state index contributed by atoms with van der Waals surface area (Å²) in [7, 11) is 3.91. The highest BCUT2D eigenvalue weighted by molar-refractivity contribution is 6.30. The number of esters is 1. The lowest BCUT2D eigenvalue weighted by Gasteiger charge is -2.25. The Balaban J connectivity index is 1.83. The van der Waals surface area contributed by atoms with Crippen LogP contribution in [0, 0.1) is 0 Å². The summed E-state index contributed by atoms with van der Waals surface area (Å²) >= 11 is 6.07. The molecule has 8 heteroatoms. The predicted molar refractivity (Wildman–Crippen MR) is 125 cm³/mol. The second-order valence-corrected chi connectivity index (χ2v) is 7.81. The zero-order valence-electron chi connectivity index (χ0n) is 17.8. The number of benzene rings is 3. The van der Waals surface area contributed by atoms with Crippen molar-refractivity contribution in [2.75, 3.05) is 24.0 Å². The molecule has 7 nitrogen and oxygen atoms in total. The third-order valence-electron chi connectivity index (χ3n) is 4.85. The first-order chi connectivity index (χ1) is 15.3. The number of nitrogens with zero attached hydrogens (tertiary/aromatic N) is 4. The van der Waals surface area contributed by atoms with E-state index in [1.165, 1.54) is 18.0 Å². The fourth-order valence-electron chi connectivity index (χ4n) is 3.33. The molecule has 1 amide bonds. The molecule has 0 aliphatic rings. The van der Waals surface area contributed by atoms with Gasteiger partial charge in [0.05, 0.1) is 16.7 Å². The zero-order chi connectivity index (χ0) is 22.8. The summed E-state index contributed by atoms with van der Waals surface area (Å²) in [6, 6.07) is 19.3. The SMILES string of the molecule is CC(=O)Oc1cccc(C(=O)N(c2ccc(Cl)cc2)n2cnc3cc(N(C)C)ccc32)c1. The molecule has 3 aromatic carbocycles. The van der Waals surface area contributed by atoms with Gasteiger partial charge in [-0.2, -0.15) is 0 Å². The number of ether oxygens (including phenoxy) is 1. The maximum Gasteiger partial charge on any atom is 0.308 e. The van der Waals surface area contributed by atoms with Crippen molar-refractivity contribution < 1.29 is 14.3 Å². The Bertz CT molecular complexity index is 1300. The lowest BCUT2D eigenvalue weighted by Crippen LogP contribution is -2.35. The summed E-state index contributed by atoms with van der Waals surface area (Å²) in [4.78, 5) is 31.5. The summed E-state index contributed by atoms with van der Waals surface area (Å²) in [6.07, 6.45) is 1.60. The van der Waals surface area contributed by atoms with Gasteiger partial charge in [-0.3, -0.25) is 9.59 Å². The summed E-state index contributed by atoms with van der Waals surface area (Å²) in [5.41, 5.74) is 3.46. The Labute approximate surface area is 190 Å². The number of carbonyl (C=O) groups is 2. The second kappa shape index (κ2) is 8.72. The van der Waals surface area contributed by atoms with Gasteiger partial charge in [0.1, 0.15) is 12.1 Å². The third-order valence-corrected chi connectivity index (χ3v) is 5.10. The number of amides is 1. The van der Waals surface area contributed by atoms with Crippen LogP contribution in [0.25, 0.3) is 11.0 Å². The predicted octanol–water partition coefficient (Wildman–Crippen LogP) is 4.79. The number of fused-ring (bicyclic) bond motifs is 1. The smallest absolute Gasteiger partial charge is 0.308 e. The average molecular weight is 449 g/mol. The van der Waals surface area contributed by atoms with Crippen LogP contribution in [-0.2, 0) is 4.79 Å². The zero-order valence-corrected chi connectivity index (χ0v) is 18.6. The van der Waals surface area contributed by atoms with Gasteiger partial charge in [0, 0.05) is 37.3 Å². The van der Waals surface area contributed by atoms with E-state index >= 15 is 0 Å². The average Bonchev–Trinajstić information content (AvgIpc) is 3.18. The largest absolute Gasteiger partial charge is 0.427 e. The maximum atomic E-state index is 13.7. The van der Waals surface area contributed by atoms with Gasteiger partial charge in [0.25, 0.3) is 5.91 Å². The number of anilines is 2. The molecule has 4 rings (SSSR count). The molecule has 0 unspecified atom stereocenters. The van der Waals surface area contributed by atoms with E-state index in [-0.39, 0.29) is 5.91 Å². The molecule has 0 radical (unpaired) electrons. The molecule has 1 heterocycles. The third kappa shape index (κ3) is 4.29. The number of rotatable bonds is 5. The Kier molecular flexibility index (Phi) is 5.83. The second-order valence-electron chi connectivity index (χ2n) is 7.37. The van der Waals surface area contributed by atoms with Crippen LogP contribution in [0.15, 0.2) is 73.1 Å². The minimum Gasteiger partial charge on any atom is -0.427 e. The van der Waals surface area contributed by atoms with E-state index in [0.717, 1.165) is 16.7 Å². The van der Waals surface area contributed by atoms with Gasteiger partial charge in [0.2, 0.25) is 0 Å². The van der Waals surface area contributed by atoms with Crippen LogP contribution < -0.4 is 14.6 Å². The molecule has 0 aliphatic heterocycles. The first kappa shape index (κ1) is 21.4. The molecule has 0 aliphatic carbocycles. The molecular weight excluding hydrogens is 428 g/mol. The molecule has 4 aromatic rings. The summed E-state index contributed by atoms with van der Waals surface area (Å²) in [6.45, 7) is 1.31. The van der Waals surface area contributed by atoms with Crippen LogP contribution in [-0.4, -0.2) is 35.6 Å². The summed E-state index contributed by atoms with van der Waals surface area (Å²) in [5, 5.41) is 2.07. The minimum absolute atomic E-state index is 0.297. The van der Waals surface area contributed by atoms with Crippen LogP contribution in [0.1, 0.15) is 17.3 Å². The first-order valence-corrected chi connectivity index (χ1v) is 10.2. The molecule has 0 atom stereocenters. The lowest BCUT2D eigenvalue weighted by molar-refractivity contribution is -0.131. The van der Waals surface area contributed by atoms with Gasteiger partial charge in [0.15, 0.2) is 0 Å². The normalized spacial score (nSPS) is 10.8. The summed E-state index contributed by atoms with van der Waals surface area (Å²) < 4.78 is 6.85. The van der Waals surface area contributed by atoms with E-state index in [1.54, 1.807) is 53.5 Å².